The second-order valence-corrected chi connectivity index (χ2v) is 7.94. The summed E-state index contributed by atoms with van der Waals surface area (Å²) in [6, 6.07) is 32.6. The molecule has 5 heteroatoms. The number of ether oxygens (including phenoxy) is 1. The van der Waals surface area contributed by atoms with Gasteiger partial charge in [0.05, 0.1) is 6.54 Å². The van der Waals surface area contributed by atoms with Crippen molar-refractivity contribution in [2.45, 2.75) is 0 Å². The topological polar surface area (TPSA) is 70.6 Å². The van der Waals surface area contributed by atoms with Gasteiger partial charge in [0.15, 0.2) is 0 Å². The van der Waals surface area contributed by atoms with Gasteiger partial charge in [-0.2, -0.15) is 0 Å². The fraction of sp³-hybridized carbons (Fsp3) is 0.0690. The van der Waals surface area contributed by atoms with E-state index < -0.39 is 0 Å². The third kappa shape index (κ3) is 4.36. The van der Waals surface area contributed by atoms with Crippen LogP contribution in [0.15, 0.2) is 103 Å². The van der Waals surface area contributed by atoms with E-state index in [0.717, 1.165) is 38.4 Å². The molecule has 34 heavy (non-hydrogen) atoms. The van der Waals surface area contributed by atoms with Crippen LogP contribution in [0.2, 0.25) is 0 Å². The van der Waals surface area contributed by atoms with Crippen LogP contribution in [0.1, 0.15) is 0 Å². The minimum atomic E-state index is -0.291. The molecule has 168 valence electrons. The zero-order valence-corrected chi connectivity index (χ0v) is 18.5. The van der Waals surface area contributed by atoms with E-state index in [4.69, 9.17) is 4.74 Å². The van der Waals surface area contributed by atoms with Crippen molar-refractivity contribution in [2.24, 2.45) is 0 Å². The van der Waals surface area contributed by atoms with E-state index in [9.17, 15) is 9.90 Å². The van der Waals surface area contributed by atoms with Crippen molar-refractivity contribution in [1.29, 1.82) is 0 Å². The van der Waals surface area contributed by atoms with Crippen LogP contribution < -0.4 is 15.4 Å². The molecule has 0 atom stereocenters. The zero-order chi connectivity index (χ0) is 23.3. The van der Waals surface area contributed by atoms with Gasteiger partial charge in [-0.3, -0.25) is 0 Å². The van der Waals surface area contributed by atoms with Crippen LogP contribution in [0, 0.1) is 0 Å². The highest BCUT2D eigenvalue weighted by Crippen LogP contribution is 2.44. The molecule has 0 radical (unpaired) electrons. The lowest BCUT2D eigenvalue weighted by molar-refractivity contribution is 0.247. The molecule has 0 bridgehead atoms. The van der Waals surface area contributed by atoms with Gasteiger partial charge in [-0.05, 0) is 45.8 Å². The number of nitrogens with one attached hydrogen (secondary N) is 2. The molecule has 5 nitrogen and oxygen atoms in total. The summed E-state index contributed by atoms with van der Waals surface area (Å²) >= 11 is 0. The number of hydrogen-bond donors (Lipinski definition) is 3. The predicted octanol–water partition coefficient (Wildman–Crippen LogP) is 6.57. The molecule has 0 heterocycles. The summed E-state index contributed by atoms with van der Waals surface area (Å²) in [5, 5.41) is 20.5. The van der Waals surface area contributed by atoms with Gasteiger partial charge < -0.3 is 20.5 Å². The highest BCUT2D eigenvalue weighted by atomic mass is 16.5. The van der Waals surface area contributed by atoms with Crippen LogP contribution in [0.3, 0.4) is 0 Å². The number of aromatic hydroxyl groups is 1. The van der Waals surface area contributed by atoms with E-state index in [1.165, 1.54) is 0 Å². The molecule has 5 aromatic rings. The Balaban J connectivity index is 1.43. The largest absolute Gasteiger partial charge is 0.507 e. The SMILES string of the molecule is O=C(NCCOc1ccc2ccccc2c1-c1c(O)ccc2ccccc12)Nc1ccccc1. The number of carbonyl (C=O) groups excluding carboxylic acids is 1. The van der Waals surface area contributed by atoms with Gasteiger partial charge in [0.25, 0.3) is 0 Å². The normalized spacial score (nSPS) is 10.8. The average Bonchev–Trinajstić information content (AvgIpc) is 2.87. The van der Waals surface area contributed by atoms with Crippen LogP contribution in [0.5, 0.6) is 11.5 Å². The lowest BCUT2D eigenvalue weighted by Crippen LogP contribution is -2.32. The van der Waals surface area contributed by atoms with Gasteiger partial charge in [0.1, 0.15) is 18.1 Å². The number of phenolic OH excluding ortho intramolecular Hbond substituents is 1. The Kier molecular flexibility index (Phi) is 5.99. The van der Waals surface area contributed by atoms with E-state index in [0.29, 0.717) is 12.3 Å². The van der Waals surface area contributed by atoms with E-state index in [2.05, 4.69) is 10.6 Å². The van der Waals surface area contributed by atoms with Gasteiger partial charge >= 0.3 is 6.03 Å². The van der Waals surface area contributed by atoms with Crippen LogP contribution in [-0.2, 0) is 0 Å². The summed E-state index contributed by atoms with van der Waals surface area (Å²) in [7, 11) is 0. The molecule has 3 N–H and O–H groups in total. The molecule has 0 aromatic heterocycles. The first kappa shape index (κ1) is 21.3. The molecule has 0 saturated carbocycles. The number of amides is 2. The van der Waals surface area contributed by atoms with Crippen LogP contribution >= 0.6 is 0 Å². The van der Waals surface area contributed by atoms with E-state index in [1.54, 1.807) is 6.07 Å². The molecule has 0 aliphatic carbocycles. The number of hydrogen-bond acceptors (Lipinski definition) is 3. The Morgan fingerprint density at radius 2 is 1.32 bits per heavy atom. The standard InChI is InChI=1S/C29H24N2O3/c32-25-16-14-20-8-4-6-12-23(20)27(25)28-24-13-7-5-9-21(24)15-17-26(28)34-19-18-30-29(33)31-22-10-2-1-3-11-22/h1-17,32H,18-19H2,(H2,30,31,33). The van der Waals surface area contributed by atoms with Crippen molar-refractivity contribution in [3.8, 4) is 22.6 Å². The summed E-state index contributed by atoms with van der Waals surface area (Å²) in [6.45, 7) is 0.603. The molecule has 0 aliphatic heterocycles. The van der Waals surface area contributed by atoms with E-state index >= 15 is 0 Å². The minimum absolute atomic E-state index is 0.195. The van der Waals surface area contributed by atoms with Gasteiger partial charge in [0, 0.05) is 16.8 Å². The highest BCUT2D eigenvalue weighted by Gasteiger charge is 2.17. The molecular weight excluding hydrogens is 424 g/mol. The smallest absolute Gasteiger partial charge is 0.319 e. The Hall–Kier alpha value is -4.51. The predicted molar refractivity (Wildman–Crippen MR) is 138 cm³/mol. The van der Waals surface area contributed by atoms with Gasteiger partial charge in [-0.15, -0.1) is 0 Å². The number of rotatable bonds is 6. The molecule has 5 rings (SSSR count). The van der Waals surface area contributed by atoms with Crippen LogP contribution in [0.4, 0.5) is 10.5 Å². The second-order valence-electron chi connectivity index (χ2n) is 7.94. The van der Waals surface area contributed by atoms with Gasteiger partial charge in [-0.1, -0.05) is 78.9 Å². The Morgan fingerprint density at radius 1 is 0.706 bits per heavy atom. The molecule has 0 fully saturated rings. The fourth-order valence-electron chi connectivity index (χ4n) is 4.17. The van der Waals surface area contributed by atoms with Crippen LogP contribution in [0.25, 0.3) is 32.7 Å². The number of phenols is 1. The fourth-order valence-corrected chi connectivity index (χ4v) is 4.17. The monoisotopic (exact) mass is 448 g/mol. The van der Waals surface area contributed by atoms with Gasteiger partial charge in [0.2, 0.25) is 0 Å². The van der Waals surface area contributed by atoms with Crippen molar-refractivity contribution in [2.75, 3.05) is 18.5 Å². The number of urea groups is 1. The summed E-state index contributed by atoms with van der Waals surface area (Å²) < 4.78 is 6.15. The number of fused-ring (bicyclic) bond motifs is 2. The summed E-state index contributed by atoms with van der Waals surface area (Å²) in [5.41, 5.74) is 2.30. The first-order valence-electron chi connectivity index (χ1n) is 11.2. The number of benzene rings is 5. The molecule has 0 saturated heterocycles. The van der Waals surface area contributed by atoms with Gasteiger partial charge in [-0.25, -0.2) is 4.79 Å². The molecule has 2 amide bonds. The van der Waals surface area contributed by atoms with E-state index in [-0.39, 0.29) is 18.4 Å². The van der Waals surface area contributed by atoms with Crippen molar-refractivity contribution in [3.05, 3.63) is 103 Å². The van der Waals surface area contributed by atoms with Crippen LogP contribution in [-0.4, -0.2) is 24.3 Å². The summed E-state index contributed by atoms with van der Waals surface area (Å²) in [5.74, 6) is 0.843. The number of anilines is 1. The molecule has 5 aromatic carbocycles. The summed E-state index contributed by atoms with van der Waals surface area (Å²) in [6.07, 6.45) is 0. The lowest BCUT2D eigenvalue weighted by Gasteiger charge is -2.17. The zero-order valence-electron chi connectivity index (χ0n) is 18.5. The van der Waals surface area contributed by atoms with Crippen molar-refractivity contribution < 1.29 is 14.6 Å². The number of carbonyl (C=O) groups is 1. The average molecular weight is 449 g/mol. The molecule has 0 aliphatic rings. The summed E-state index contributed by atoms with van der Waals surface area (Å²) in [4.78, 5) is 12.2. The Labute approximate surface area is 197 Å². The third-order valence-corrected chi connectivity index (χ3v) is 5.72. The number of para-hydroxylation sites is 1. The maximum Gasteiger partial charge on any atom is 0.319 e. The first-order chi connectivity index (χ1) is 16.7. The van der Waals surface area contributed by atoms with Crippen molar-refractivity contribution in [1.82, 2.24) is 5.32 Å². The Morgan fingerprint density at radius 3 is 2.06 bits per heavy atom. The maximum atomic E-state index is 12.2. The Bertz CT molecular complexity index is 1470. The lowest BCUT2D eigenvalue weighted by atomic mass is 9.92. The molecular formula is C29H24N2O3. The maximum absolute atomic E-state index is 12.2. The van der Waals surface area contributed by atoms with E-state index in [1.807, 2.05) is 97.1 Å². The van der Waals surface area contributed by atoms with Crippen molar-refractivity contribution >= 4 is 33.3 Å². The third-order valence-electron chi connectivity index (χ3n) is 5.72. The molecule has 0 spiro atoms. The van der Waals surface area contributed by atoms with Crippen molar-refractivity contribution in [3.63, 3.8) is 0 Å². The highest BCUT2D eigenvalue weighted by molar-refractivity contribution is 6.09. The minimum Gasteiger partial charge on any atom is -0.507 e. The first-order valence-corrected chi connectivity index (χ1v) is 11.2. The quantitative estimate of drug-likeness (QED) is 0.257. The molecule has 0 unspecified atom stereocenters. The second kappa shape index (κ2) is 9.55.